The summed E-state index contributed by atoms with van der Waals surface area (Å²) in [5, 5.41) is 13.0. The summed E-state index contributed by atoms with van der Waals surface area (Å²) >= 11 is 5.97. The second-order valence-electron chi connectivity index (χ2n) is 4.86. The largest absolute Gasteiger partial charge is 0.391 e. The van der Waals surface area contributed by atoms with Crippen molar-refractivity contribution in [1.29, 1.82) is 0 Å². The van der Waals surface area contributed by atoms with Gasteiger partial charge in [-0.2, -0.15) is 0 Å². The Labute approximate surface area is 113 Å². The summed E-state index contributed by atoms with van der Waals surface area (Å²) < 4.78 is 0. The molecule has 1 aromatic rings. The van der Waals surface area contributed by atoms with Gasteiger partial charge in [0, 0.05) is 11.6 Å². The lowest BCUT2D eigenvalue weighted by Gasteiger charge is -2.14. The van der Waals surface area contributed by atoms with Crippen LogP contribution in [0.5, 0.6) is 0 Å². The van der Waals surface area contributed by atoms with Crippen molar-refractivity contribution in [3.8, 4) is 0 Å². The zero-order valence-electron chi connectivity index (χ0n) is 10.8. The first-order valence-electron chi connectivity index (χ1n) is 6.17. The van der Waals surface area contributed by atoms with Gasteiger partial charge in [0.15, 0.2) is 0 Å². The highest BCUT2D eigenvalue weighted by Crippen LogP contribution is 2.15. The van der Waals surface area contributed by atoms with Gasteiger partial charge >= 0.3 is 0 Å². The predicted octanol–water partition coefficient (Wildman–Crippen LogP) is 2.41. The predicted molar refractivity (Wildman–Crippen MR) is 73.6 cm³/mol. The Hall–Kier alpha value is -1.06. The van der Waals surface area contributed by atoms with Crippen LogP contribution in [0.1, 0.15) is 25.8 Å². The maximum atomic E-state index is 11.7. The molecule has 0 aliphatic rings. The van der Waals surface area contributed by atoms with Gasteiger partial charge in [-0.05, 0) is 24.0 Å². The number of carbonyl (C=O) groups is 1. The Bertz CT molecular complexity index is 393. The van der Waals surface area contributed by atoms with Crippen LogP contribution in [0, 0.1) is 5.92 Å². The highest BCUT2D eigenvalue weighted by atomic mass is 35.5. The summed E-state index contributed by atoms with van der Waals surface area (Å²) in [5.41, 5.74) is 0.801. The van der Waals surface area contributed by atoms with E-state index in [1.807, 2.05) is 32.0 Å². The molecule has 0 spiro atoms. The molecule has 0 aliphatic heterocycles. The van der Waals surface area contributed by atoms with Crippen molar-refractivity contribution in [1.82, 2.24) is 5.32 Å². The first-order chi connectivity index (χ1) is 8.49. The fourth-order valence-electron chi connectivity index (χ4n) is 1.74. The van der Waals surface area contributed by atoms with Crippen LogP contribution in [-0.4, -0.2) is 23.7 Å². The molecule has 18 heavy (non-hydrogen) atoms. The molecule has 0 heterocycles. The summed E-state index contributed by atoms with van der Waals surface area (Å²) in [6.45, 7) is 4.37. The molecule has 0 aliphatic carbocycles. The summed E-state index contributed by atoms with van der Waals surface area (Å²) in [6.07, 6.45) is 0.445. The van der Waals surface area contributed by atoms with Gasteiger partial charge in [0.25, 0.3) is 0 Å². The van der Waals surface area contributed by atoms with Gasteiger partial charge in [-0.25, -0.2) is 0 Å². The molecule has 0 aromatic heterocycles. The van der Waals surface area contributed by atoms with Crippen LogP contribution in [0.3, 0.4) is 0 Å². The first-order valence-corrected chi connectivity index (χ1v) is 6.55. The van der Waals surface area contributed by atoms with Crippen molar-refractivity contribution in [3.63, 3.8) is 0 Å². The number of hydrogen-bond donors (Lipinski definition) is 2. The van der Waals surface area contributed by atoms with E-state index in [-0.39, 0.29) is 12.3 Å². The van der Waals surface area contributed by atoms with Crippen molar-refractivity contribution >= 4 is 17.5 Å². The third-order valence-corrected chi connectivity index (χ3v) is 2.96. The van der Waals surface area contributed by atoms with Crippen LogP contribution < -0.4 is 5.32 Å². The molecular weight excluding hydrogens is 250 g/mol. The second-order valence-corrected chi connectivity index (χ2v) is 5.26. The maximum absolute atomic E-state index is 11.7. The van der Waals surface area contributed by atoms with Crippen LogP contribution in [0.15, 0.2) is 24.3 Å². The Morgan fingerprint density at radius 2 is 2.06 bits per heavy atom. The van der Waals surface area contributed by atoms with Gasteiger partial charge in [-0.1, -0.05) is 43.6 Å². The number of aliphatic hydroxyl groups is 1. The van der Waals surface area contributed by atoms with E-state index in [1.54, 1.807) is 6.07 Å². The minimum atomic E-state index is -0.486. The van der Waals surface area contributed by atoms with Gasteiger partial charge < -0.3 is 10.4 Å². The molecular formula is C14H20ClNO2. The highest BCUT2D eigenvalue weighted by molar-refractivity contribution is 6.31. The van der Waals surface area contributed by atoms with Crippen molar-refractivity contribution in [2.24, 2.45) is 5.92 Å². The fourth-order valence-corrected chi connectivity index (χ4v) is 1.94. The molecule has 0 fully saturated rings. The molecule has 1 atom stereocenters. The van der Waals surface area contributed by atoms with E-state index >= 15 is 0 Å². The Morgan fingerprint density at radius 3 is 2.67 bits per heavy atom. The minimum Gasteiger partial charge on any atom is -0.391 e. The molecule has 3 nitrogen and oxygen atoms in total. The maximum Gasteiger partial charge on any atom is 0.224 e. The van der Waals surface area contributed by atoms with Gasteiger partial charge in [0.2, 0.25) is 5.91 Å². The van der Waals surface area contributed by atoms with E-state index in [4.69, 9.17) is 11.6 Å². The third kappa shape index (κ3) is 5.52. The van der Waals surface area contributed by atoms with E-state index in [2.05, 4.69) is 5.32 Å². The summed E-state index contributed by atoms with van der Waals surface area (Å²) in [5.74, 6) is 0.298. The second kappa shape index (κ2) is 7.39. The van der Waals surface area contributed by atoms with Crippen molar-refractivity contribution in [3.05, 3.63) is 34.9 Å². The SMILES string of the molecule is CC(C)C[C@@H](O)CNC(=O)Cc1ccccc1Cl. The fraction of sp³-hybridized carbons (Fsp3) is 0.500. The number of amides is 1. The lowest BCUT2D eigenvalue weighted by atomic mass is 10.1. The number of hydrogen-bond acceptors (Lipinski definition) is 2. The van der Waals surface area contributed by atoms with Crippen molar-refractivity contribution in [2.45, 2.75) is 32.8 Å². The molecule has 0 unspecified atom stereocenters. The Balaban J connectivity index is 2.36. The number of aliphatic hydroxyl groups excluding tert-OH is 1. The molecule has 0 radical (unpaired) electrons. The number of carbonyl (C=O) groups excluding carboxylic acids is 1. The average Bonchev–Trinajstić information content (AvgIpc) is 2.29. The zero-order valence-corrected chi connectivity index (χ0v) is 11.6. The average molecular weight is 270 g/mol. The third-order valence-electron chi connectivity index (χ3n) is 2.59. The summed E-state index contributed by atoms with van der Waals surface area (Å²) in [4.78, 5) is 11.7. The molecule has 1 amide bonds. The number of rotatable bonds is 6. The van der Waals surface area contributed by atoms with Crippen molar-refractivity contribution < 1.29 is 9.90 Å². The van der Waals surface area contributed by atoms with E-state index in [1.165, 1.54) is 0 Å². The van der Waals surface area contributed by atoms with Crippen LogP contribution in [0.4, 0.5) is 0 Å². The number of halogens is 1. The van der Waals surface area contributed by atoms with Gasteiger partial charge in [0.05, 0.1) is 12.5 Å². The van der Waals surface area contributed by atoms with Gasteiger partial charge in [-0.3, -0.25) is 4.79 Å². The quantitative estimate of drug-likeness (QED) is 0.833. The summed E-state index contributed by atoms with van der Waals surface area (Å²) in [7, 11) is 0. The first kappa shape index (κ1) is 15.0. The van der Waals surface area contributed by atoms with E-state index in [0.29, 0.717) is 23.9 Å². The number of nitrogens with one attached hydrogen (secondary N) is 1. The molecule has 0 saturated heterocycles. The smallest absolute Gasteiger partial charge is 0.224 e. The minimum absolute atomic E-state index is 0.120. The lowest BCUT2D eigenvalue weighted by molar-refractivity contribution is -0.120. The molecule has 0 bridgehead atoms. The molecule has 1 rings (SSSR count). The van der Waals surface area contributed by atoms with Crippen LogP contribution in [0.2, 0.25) is 5.02 Å². The number of benzene rings is 1. The lowest BCUT2D eigenvalue weighted by Crippen LogP contribution is -2.33. The molecule has 100 valence electrons. The van der Waals surface area contributed by atoms with E-state index < -0.39 is 6.10 Å². The zero-order chi connectivity index (χ0) is 13.5. The Kier molecular flexibility index (Phi) is 6.16. The van der Waals surface area contributed by atoms with E-state index in [0.717, 1.165) is 5.56 Å². The van der Waals surface area contributed by atoms with Crippen molar-refractivity contribution in [2.75, 3.05) is 6.54 Å². The molecule has 2 N–H and O–H groups in total. The van der Waals surface area contributed by atoms with E-state index in [9.17, 15) is 9.90 Å². The topological polar surface area (TPSA) is 49.3 Å². The standard InChI is InChI=1S/C14H20ClNO2/c1-10(2)7-12(17)9-16-14(18)8-11-5-3-4-6-13(11)15/h3-6,10,12,17H,7-9H2,1-2H3,(H,16,18)/t12-/m1/s1. The van der Waals surface area contributed by atoms with Crippen LogP contribution in [0.25, 0.3) is 0 Å². The molecule has 1 aromatic carbocycles. The normalized spacial score (nSPS) is 12.5. The summed E-state index contributed by atoms with van der Waals surface area (Å²) in [6, 6.07) is 7.27. The van der Waals surface area contributed by atoms with Gasteiger partial charge in [-0.15, -0.1) is 0 Å². The van der Waals surface area contributed by atoms with Crippen LogP contribution >= 0.6 is 11.6 Å². The van der Waals surface area contributed by atoms with Crippen LogP contribution in [-0.2, 0) is 11.2 Å². The highest BCUT2D eigenvalue weighted by Gasteiger charge is 2.10. The molecule has 0 saturated carbocycles. The monoisotopic (exact) mass is 269 g/mol. The van der Waals surface area contributed by atoms with Gasteiger partial charge in [0.1, 0.15) is 0 Å². The Morgan fingerprint density at radius 1 is 1.39 bits per heavy atom. The molecule has 4 heteroatoms.